The molecule has 0 bridgehead atoms. The normalized spacial score (nSPS) is 12.0. The number of carbonyl (C=O) groups is 2. The van der Waals surface area contributed by atoms with Crippen LogP contribution in [0.4, 0.5) is 11.4 Å². The number of non-ortho nitro benzene ring substituents is 1. The average molecular weight is 615 g/mol. The molecule has 1 N–H and O–H groups in total. The van der Waals surface area contributed by atoms with E-state index < -0.39 is 39.3 Å². The van der Waals surface area contributed by atoms with Gasteiger partial charge in [0.05, 0.1) is 16.9 Å². The summed E-state index contributed by atoms with van der Waals surface area (Å²) in [6, 6.07) is 18.9. The number of nitrogens with one attached hydrogen (secondary N) is 1. The Morgan fingerprint density at radius 1 is 1.02 bits per heavy atom. The Morgan fingerprint density at radius 3 is 2.26 bits per heavy atom. The number of hydrogen-bond acceptors (Lipinski definition) is 6. The molecule has 224 valence electrons. The summed E-state index contributed by atoms with van der Waals surface area (Å²) >= 11 is 6.45. The first kappa shape index (κ1) is 32.6. The molecule has 0 saturated carbocycles. The summed E-state index contributed by atoms with van der Waals surface area (Å²) in [6.07, 6.45) is 1.09. The summed E-state index contributed by atoms with van der Waals surface area (Å²) in [5.74, 6) is -0.922. The van der Waals surface area contributed by atoms with Crippen LogP contribution in [0.25, 0.3) is 0 Å². The lowest BCUT2D eigenvalue weighted by Gasteiger charge is -2.34. The first-order valence-corrected chi connectivity index (χ1v) is 15.6. The van der Waals surface area contributed by atoms with Crippen LogP contribution in [0.1, 0.15) is 30.5 Å². The summed E-state index contributed by atoms with van der Waals surface area (Å²) in [4.78, 5) is 40.0. The number of halogens is 1. The Morgan fingerprint density at radius 2 is 1.67 bits per heavy atom. The Balaban J connectivity index is 2.11. The van der Waals surface area contributed by atoms with E-state index in [1.165, 1.54) is 17.0 Å². The van der Waals surface area contributed by atoms with E-state index in [2.05, 4.69) is 5.32 Å². The van der Waals surface area contributed by atoms with E-state index in [9.17, 15) is 28.1 Å². The maximum Gasteiger partial charge on any atom is 0.271 e. The second-order valence-corrected chi connectivity index (χ2v) is 12.8. The maximum absolute atomic E-state index is 14.2. The largest absolute Gasteiger partial charge is 0.354 e. The van der Waals surface area contributed by atoms with Crippen LogP contribution < -0.4 is 9.62 Å². The molecule has 0 fully saturated rings. The number of hydrogen-bond donors (Lipinski definition) is 1. The molecule has 0 heterocycles. The Bertz CT molecular complexity index is 1530. The van der Waals surface area contributed by atoms with Crippen molar-refractivity contribution in [2.75, 3.05) is 23.7 Å². The van der Waals surface area contributed by atoms with E-state index in [-0.39, 0.29) is 30.3 Å². The van der Waals surface area contributed by atoms with Gasteiger partial charge in [-0.1, -0.05) is 80.0 Å². The minimum absolute atomic E-state index is 0.00149. The molecule has 1 atom stereocenters. The molecule has 12 heteroatoms. The van der Waals surface area contributed by atoms with Crippen molar-refractivity contribution in [1.82, 2.24) is 10.2 Å². The number of nitrogens with zero attached hydrogens (tertiary/aromatic N) is 3. The van der Waals surface area contributed by atoms with E-state index in [0.717, 1.165) is 22.2 Å². The number of nitro benzene ring substituents is 1. The molecule has 3 aromatic carbocycles. The van der Waals surface area contributed by atoms with Crippen LogP contribution in [0.2, 0.25) is 5.02 Å². The van der Waals surface area contributed by atoms with Crippen LogP contribution in [-0.2, 0) is 32.6 Å². The van der Waals surface area contributed by atoms with Gasteiger partial charge in [-0.15, -0.1) is 0 Å². The summed E-state index contributed by atoms with van der Waals surface area (Å²) in [6.45, 7) is 5.11. The second kappa shape index (κ2) is 14.3. The Kier molecular flexibility index (Phi) is 11.1. The molecule has 0 spiro atoms. The molecule has 0 radical (unpaired) electrons. The highest BCUT2D eigenvalue weighted by Crippen LogP contribution is 2.28. The monoisotopic (exact) mass is 614 g/mol. The summed E-state index contributed by atoms with van der Waals surface area (Å²) < 4.78 is 26.8. The second-order valence-electron chi connectivity index (χ2n) is 10.5. The Hall–Kier alpha value is -3.96. The number of rotatable bonds is 13. The first-order valence-electron chi connectivity index (χ1n) is 13.3. The topological polar surface area (TPSA) is 130 Å². The fourth-order valence-electron chi connectivity index (χ4n) is 4.36. The van der Waals surface area contributed by atoms with Gasteiger partial charge in [-0.25, -0.2) is 8.42 Å². The van der Waals surface area contributed by atoms with Crippen molar-refractivity contribution in [3.05, 3.63) is 105 Å². The summed E-state index contributed by atoms with van der Waals surface area (Å²) in [5, 5.41) is 14.7. The molecule has 0 aliphatic rings. The van der Waals surface area contributed by atoms with Gasteiger partial charge in [-0.2, -0.15) is 0 Å². The molecule has 0 unspecified atom stereocenters. The van der Waals surface area contributed by atoms with E-state index in [1.54, 1.807) is 31.2 Å². The molecule has 0 aliphatic carbocycles. The molecule has 0 aromatic heterocycles. The van der Waals surface area contributed by atoms with Crippen molar-refractivity contribution in [3.63, 3.8) is 0 Å². The molecule has 10 nitrogen and oxygen atoms in total. The summed E-state index contributed by atoms with van der Waals surface area (Å²) in [7, 11) is -4.08. The van der Waals surface area contributed by atoms with Gasteiger partial charge < -0.3 is 10.2 Å². The molecule has 3 aromatic rings. The average Bonchev–Trinajstić information content (AvgIpc) is 2.93. The van der Waals surface area contributed by atoms with Crippen molar-refractivity contribution >= 4 is 44.8 Å². The third-order valence-electron chi connectivity index (χ3n) is 6.61. The predicted octanol–water partition coefficient (Wildman–Crippen LogP) is 4.73. The molecular weight excluding hydrogens is 580 g/mol. The third-order valence-corrected chi connectivity index (χ3v) is 8.10. The quantitative estimate of drug-likeness (QED) is 0.219. The fourth-order valence-corrected chi connectivity index (χ4v) is 5.46. The van der Waals surface area contributed by atoms with Crippen LogP contribution in [0.3, 0.4) is 0 Å². The molecule has 42 heavy (non-hydrogen) atoms. The molecule has 0 saturated heterocycles. The maximum atomic E-state index is 14.2. The van der Waals surface area contributed by atoms with Crippen molar-refractivity contribution in [2.24, 2.45) is 5.92 Å². The fraction of sp³-hybridized carbons (Fsp3) is 0.333. The molecule has 3 rings (SSSR count). The highest BCUT2D eigenvalue weighted by Gasteiger charge is 2.34. The van der Waals surface area contributed by atoms with E-state index in [1.807, 2.05) is 44.2 Å². The minimum Gasteiger partial charge on any atom is -0.354 e. The number of anilines is 1. The van der Waals surface area contributed by atoms with Gasteiger partial charge in [0.2, 0.25) is 21.8 Å². The van der Waals surface area contributed by atoms with Gasteiger partial charge in [0.25, 0.3) is 5.69 Å². The number of amides is 2. The number of sulfonamides is 1. The highest BCUT2D eigenvalue weighted by molar-refractivity contribution is 7.92. The van der Waals surface area contributed by atoms with Gasteiger partial charge in [0.15, 0.2) is 0 Å². The van der Waals surface area contributed by atoms with Crippen LogP contribution in [-0.4, -0.2) is 55.4 Å². The van der Waals surface area contributed by atoms with E-state index in [4.69, 9.17) is 11.6 Å². The van der Waals surface area contributed by atoms with Crippen molar-refractivity contribution in [3.8, 4) is 0 Å². The van der Waals surface area contributed by atoms with Gasteiger partial charge in [0.1, 0.15) is 12.6 Å². The summed E-state index contributed by atoms with van der Waals surface area (Å²) in [5.41, 5.74) is 1.47. The zero-order chi connectivity index (χ0) is 31.0. The minimum atomic E-state index is -4.08. The van der Waals surface area contributed by atoms with Crippen LogP contribution in [0.5, 0.6) is 0 Å². The number of nitro groups is 1. The lowest BCUT2D eigenvalue weighted by atomic mass is 10.0. The predicted molar refractivity (Wildman–Crippen MR) is 164 cm³/mol. The van der Waals surface area contributed by atoms with Crippen LogP contribution in [0, 0.1) is 23.0 Å². The number of carbonyl (C=O) groups excluding carboxylic acids is 2. The van der Waals surface area contributed by atoms with Gasteiger partial charge in [-0.3, -0.25) is 24.0 Å². The van der Waals surface area contributed by atoms with Gasteiger partial charge >= 0.3 is 0 Å². The van der Waals surface area contributed by atoms with Crippen molar-refractivity contribution in [2.45, 2.75) is 39.8 Å². The highest BCUT2D eigenvalue weighted by atomic mass is 35.5. The number of aryl methyl sites for hydroxylation is 1. The Labute approximate surface area is 251 Å². The molecule has 0 aliphatic heterocycles. The van der Waals surface area contributed by atoms with Crippen molar-refractivity contribution in [1.29, 1.82) is 0 Å². The smallest absolute Gasteiger partial charge is 0.271 e. The van der Waals surface area contributed by atoms with Crippen LogP contribution in [0.15, 0.2) is 72.8 Å². The third kappa shape index (κ3) is 8.77. The SMILES string of the molecule is Cc1ccc([N+](=O)[O-])cc1N(CC(=O)N(Cc1ccccc1Cl)[C@H](Cc1ccccc1)C(=O)NCC(C)C)S(C)(=O)=O. The van der Waals surface area contributed by atoms with E-state index in [0.29, 0.717) is 22.7 Å². The van der Waals surface area contributed by atoms with Crippen molar-refractivity contribution < 1.29 is 22.9 Å². The van der Waals surface area contributed by atoms with Crippen LogP contribution >= 0.6 is 11.6 Å². The van der Waals surface area contributed by atoms with E-state index >= 15 is 0 Å². The number of benzene rings is 3. The lowest BCUT2D eigenvalue weighted by molar-refractivity contribution is -0.384. The standard InChI is InChI=1S/C30H35ClN4O6S/c1-21(2)18-32-30(37)28(16-23-10-6-5-7-11-23)33(19-24-12-8-9-13-26(24)31)29(36)20-34(42(4,40)41)27-17-25(35(38)39)15-14-22(27)3/h5-15,17,21,28H,16,18-20H2,1-4H3,(H,32,37)/t28-/m1/s1. The lowest BCUT2D eigenvalue weighted by Crippen LogP contribution is -2.53. The molecular formula is C30H35ClN4O6S. The molecule has 2 amide bonds. The first-order chi connectivity index (χ1) is 19.8. The zero-order valence-electron chi connectivity index (χ0n) is 24.0. The zero-order valence-corrected chi connectivity index (χ0v) is 25.6. The van der Waals surface area contributed by atoms with Gasteiger partial charge in [0, 0.05) is 36.7 Å². The van der Waals surface area contributed by atoms with Gasteiger partial charge in [-0.05, 0) is 35.6 Å².